The Balaban J connectivity index is 1.82. The Morgan fingerprint density at radius 2 is 2.25 bits per heavy atom. The van der Waals surface area contributed by atoms with Crippen LogP contribution in [0.1, 0.15) is 18.4 Å². The van der Waals surface area contributed by atoms with Crippen LogP contribution in [0.4, 0.5) is 0 Å². The number of pyridine rings is 1. The van der Waals surface area contributed by atoms with Crippen LogP contribution in [0.5, 0.6) is 0 Å². The average Bonchev–Trinajstić information content (AvgIpc) is 2.74. The minimum atomic E-state index is -0.366. The molecule has 84 valence electrons. The Morgan fingerprint density at radius 3 is 2.88 bits per heavy atom. The van der Waals surface area contributed by atoms with Gasteiger partial charge in [0.15, 0.2) is 0 Å². The summed E-state index contributed by atoms with van der Waals surface area (Å²) in [5.74, 6) is -0.174. The molecule has 1 atom stereocenters. The van der Waals surface area contributed by atoms with Gasteiger partial charge in [-0.3, -0.25) is 14.6 Å². The molecule has 1 aliphatic heterocycles. The number of carbonyl (C=O) groups is 2. The highest BCUT2D eigenvalue weighted by Gasteiger charge is 2.26. The van der Waals surface area contributed by atoms with E-state index in [1.165, 1.54) is 0 Å². The lowest BCUT2D eigenvalue weighted by atomic mass is 10.2. The second-order valence-corrected chi connectivity index (χ2v) is 3.73. The van der Waals surface area contributed by atoms with Gasteiger partial charge in [0.25, 0.3) is 0 Å². The molecule has 1 aromatic rings. The predicted octanol–water partition coefficient (Wildman–Crippen LogP) is -0.0236. The third-order valence-corrected chi connectivity index (χ3v) is 2.53. The lowest BCUT2D eigenvalue weighted by Gasteiger charge is -2.10. The van der Waals surface area contributed by atoms with Crippen molar-refractivity contribution >= 4 is 11.8 Å². The first kappa shape index (κ1) is 10.6. The van der Waals surface area contributed by atoms with Gasteiger partial charge in [-0.15, -0.1) is 0 Å². The molecule has 0 spiro atoms. The molecule has 1 fully saturated rings. The summed E-state index contributed by atoms with van der Waals surface area (Å²) >= 11 is 0. The SMILES string of the molecule is O=C1CC[C@H](C(=O)NCc2ccncc2)N1. The van der Waals surface area contributed by atoms with Crippen LogP contribution in [-0.2, 0) is 16.1 Å². The summed E-state index contributed by atoms with van der Waals surface area (Å²) in [5, 5.41) is 5.41. The zero-order chi connectivity index (χ0) is 11.4. The maximum absolute atomic E-state index is 11.6. The third-order valence-electron chi connectivity index (χ3n) is 2.53. The van der Waals surface area contributed by atoms with E-state index in [4.69, 9.17) is 0 Å². The minimum absolute atomic E-state index is 0.0518. The Hall–Kier alpha value is -1.91. The molecule has 0 unspecified atom stereocenters. The van der Waals surface area contributed by atoms with Gasteiger partial charge in [0.1, 0.15) is 6.04 Å². The number of hydrogen-bond acceptors (Lipinski definition) is 3. The van der Waals surface area contributed by atoms with Gasteiger partial charge in [-0.25, -0.2) is 0 Å². The third kappa shape index (κ3) is 2.56. The molecule has 16 heavy (non-hydrogen) atoms. The second kappa shape index (κ2) is 4.74. The van der Waals surface area contributed by atoms with Crippen molar-refractivity contribution in [1.82, 2.24) is 15.6 Å². The van der Waals surface area contributed by atoms with Gasteiger partial charge in [0.2, 0.25) is 11.8 Å². The summed E-state index contributed by atoms with van der Waals surface area (Å²) in [5.41, 5.74) is 0.993. The Labute approximate surface area is 93.3 Å². The van der Waals surface area contributed by atoms with E-state index in [1.54, 1.807) is 12.4 Å². The second-order valence-electron chi connectivity index (χ2n) is 3.73. The number of hydrogen-bond donors (Lipinski definition) is 2. The first-order chi connectivity index (χ1) is 7.75. The van der Waals surface area contributed by atoms with Crippen LogP contribution in [0.2, 0.25) is 0 Å². The topological polar surface area (TPSA) is 71.1 Å². The molecule has 5 heteroatoms. The molecule has 1 saturated heterocycles. The van der Waals surface area contributed by atoms with Crippen LogP contribution in [0.3, 0.4) is 0 Å². The number of nitrogens with zero attached hydrogens (tertiary/aromatic N) is 1. The van der Waals surface area contributed by atoms with E-state index in [0.717, 1.165) is 5.56 Å². The molecule has 2 heterocycles. The summed E-state index contributed by atoms with van der Waals surface area (Å²) in [6.45, 7) is 0.466. The van der Waals surface area contributed by atoms with Crippen molar-refractivity contribution < 1.29 is 9.59 Å². The maximum atomic E-state index is 11.6. The Kier molecular flexibility index (Phi) is 3.14. The summed E-state index contributed by atoms with van der Waals surface area (Å²) in [6, 6.07) is 3.32. The number of aromatic nitrogens is 1. The summed E-state index contributed by atoms with van der Waals surface area (Å²) < 4.78 is 0. The van der Waals surface area contributed by atoms with Crippen molar-refractivity contribution in [2.45, 2.75) is 25.4 Å². The molecular formula is C11H13N3O2. The van der Waals surface area contributed by atoms with E-state index in [9.17, 15) is 9.59 Å². The van der Waals surface area contributed by atoms with E-state index in [2.05, 4.69) is 15.6 Å². The smallest absolute Gasteiger partial charge is 0.242 e. The van der Waals surface area contributed by atoms with Crippen LogP contribution >= 0.6 is 0 Å². The fourth-order valence-corrected chi connectivity index (χ4v) is 1.62. The molecular weight excluding hydrogens is 206 g/mol. The summed E-state index contributed by atoms with van der Waals surface area (Å²) in [4.78, 5) is 26.4. The predicted molar refractivity (Wildman–Crippen MR) is 57.2 cm³/mol. The van der Waals surface area contributed by atoms with Gasteiger partial charge >= 0.3 is 0 Å². The van der Waals surface area contributed by atoms with Crippen molar-refractivity contribution in [3.63, 3.8) is 0 Å². The van der Waals surface area contributed by atoms with E-state index >= 15 is 0 Å². The van der Waals surface area contributed by atoms with Crippen molar-refractivity contribution in [1.29, 1.82) is 0 Å². The molecule has 0 bridgehead atoms. The normalized spacial score (nSPS) is 19.2. The lowest BCUT2D eigenvalue weighted by molar-refractivity contribution is -0.125. The summed E-state index contributed by atoms with van der Waals surface area (Å²) in [7, 11) is 0. The largest absolute Gasteiger partial charge is 0.350 e. The minimum Gasteiger partial charge on any atom is -0.350 e. The number of rotatable bonds is 3. The molecule has 2 amide bonds. The van der Waals surface area contributed by atoms with Crippen molar-refractivity contribution in [2.75, 3.05) is 0 Å². The van der Waals surface area contributed by atoms with Gasteiger partial charge in [-0.2, -0.15) is 0 Å². The summed E-state index contributed by atoms with van der Waals surface area (Å²) in [6.07, 6.45) is 4.38. The van der Waals surface area contributed by atoms with Gasteiger partial charge < -0.3 is 10.6 Å². The molecule has 0 radical (unpaired) electrons. The highest BCUT2D eigenvalue weighted by molar-refractivity contribution is 5.90. The average molecular weight is 219 g/mol. The quantitative estimate of drug-likeness (QED) is 0.750. The molecule has 5 nitrogen and oxygen atoms in total. The van der Waals surface area contributed by atoms with Crippen LogP contribution < -0.4 is 10.6 Å². The number of carbonyl (C=O) groups excluding carboxylic acids is 2. The van der Waals surface area contributed by atoms with Gasteiger partial charge in [0.05, 0.1) is 0 Å². The van der Waals surface area contributed by atoms with E-state index in [-0.39, 0.29) is 17.9 Å². The van der Waals surface area contributed by atoms with Crippen molar-refractivity contribution in [2.24, 2.45) is 0 Å². The highest BCUT2D eigenvalue weighted by Crippen LogP contribution is 2.06. The Bertz CT molecular complexity index is 391. The molecule has 2 N–H and O–H groups in total. The molecule has 1 aromatic heterocycles. The van der Waals surface area contributed by atoms with Crippen LogP contribution in [0, 0.1) is 0 Å². The van der Waals surface area contributed by atoms with Crippen LogP contribution in [0.25, 0.3) is 0 Å². The van der Waals surface area contributed by atoms with E-state index < -0.39 is 0 Å². The maximum Gasteiger partial charge on any atom is 0.242 e. The van der Waals surface area contributed by atoms with E-state index in [0.29, 0.717) is 19.4 Å². The van der Waals surface area contributed by atoms with E-state index in [1.807, 2.05) is 12.1 Å². The lowest BCUT2D eigenvalue weighted by Crippen LogP contribution is -2.41. The van der Waals surface area contributed by atoms with Gasteiger partial charge in [0, 0.05) is 25.4 Å². The zero-order valence-corrected chi connectivity index (χ0v) is 8.77. The molecule has 0 aromatic carbocycles. The van der Waals surface area contributed by atoms with Crippen LogP contribution in [-0.4, -0.2) is 22.8 Å². The zero-order valence-electron chi connectivity index (χ0n) is 8.77. The molecule has 0 saturated carbocycles. The van der Waals surface area contributed by atoms with Crippen LogP contribution in [0.15, 0.2) is 24.5 Å². The highest BCUT2D eigenvalue weighted by atomic mass is 16.2. The van der Waals surface area contributed by atoms with Gasteiger partial charge in [-0.05, 0) is 24.1 Å². The van der Waals surface area contributed by atoms with Crippen molar-refractivity contribution in [3.8, 4) is 0 Å². The molecule has 2 rings (SSSR count). The monoisotopic (exact) mass is 219 g/mol. The standard InChI is InChI=1S/C11H13N3O2/c15-10-2-1-9(14-10)11(16)13-7-8-3-5-12-6-4-8/h3-6,9H,1-2,7H2,(H,13,16)(H,14,15)/t9-/m1/s1. The number of amides is 2. The molecule has 0 aliphatic carbocycles. The number of nitrogens with one attached hydrogen (secondary N) is 2. The molecule has 1 aliphatic rings. The fraction of sp³-hybridized carbons (Fsp3) is 0.364. The van der Waals surface area contributed by atoms with Gasteiger partial charge in [-0.1, -0.05) is 0 Å². The van der Waals surface area contributed by atoms with Crippen molar-refractivity contribution in [3.05, 3.63) is 30.1 Å². The fourth-order valence-electron chi connectivity index (χ4n) is 1.62. The first-order valence-electron chi connectivity index (χ1n) is 5.21. The Morgan fingerprint density at radius 1 is 1.50 bits per heavy atom. The first-order valence-corrected chi connectivity index (χ1v) is 5.21.